The first-order valence-corrected chi connectivity index (χ1v) is 11.0. The zero-order chi connectivity index (χ0) is 25.1. The minimum Gasteiger partial charge on any atom is -0.206 e. The highest BCUT2D eigenvalue weighted by molar-refractivity contribution is 5.84. The standard InChI is InChI=1S/C29H20F6/c1-2-3-17-4-6-18(7-5-17)19-8-11-22(25(31)14-19)20-9-12-23(26(32)15-20)29(35)28(34)21-10-13-24(30)27(33)16-21/h4-16H,2-3H2,1H3. The van der Waals surface area contributed by atoms with Crippen molar-refractivity contribution in [2.75, 3.05) is 0 Å². The topological polar surface area (TPSA) is 0 Å². The summed E-state index contributed by atoms with van der Waals surface area (Å²) in [4.78, 5) is 0. The van der Waals surface area contributed by atoms with Gasteiger partial charge in [-0.2, -0.15) is 0 Å². The lowest BCUT2D eigenvalue weighted by molar-refractivity contribution is 0.507. The van der Waals surface area contributed by atoms with Gasteiger partial charge in [0, 0.05) is 16.7 Å². The van der Waals surface area contributed by atoms with Gasteiger partial charge in [0.1, 0.15) is 11.6 Å². The van der Waals surface area contributed by atoms with Gasteiger partial charge in [0.15, 0.2) is 23.3 Å². The Balaban J connectivity index is 1.63. The Bertz CT molecular complexity index is 1400. The molecule has 0 radical (unpaired) electrons. The fraction of sp³-hybridized carbons (Fsp3) is 0.103. The van der Waals surface area contributed by atoms with Crippen LogP contribution in [-0.4, -0.2) is 0 Å². The number of hydrogen-bond donors (Lipinski definition) is 0. The van der Waals surface area contributed by atoms with Gasteiger partial charge in [0.2, 0.25) is 0 Å². The van der Waals surface area contributed by atoms with Crippen molar-refractivity contribution in [2.24, 2.45) is 0 Å². The second kappa shape index (κ2) is 10.2. The zero-order valence-corrected chi connectivity index (χ0v) is 18.7. The van der Waals surface area contributed by atoms with Gasteiger partial charge in [-0.3, -0.25) is 0 Å². The van der Waals surface area contributed by atoms with Crippen molar-refractivity contribution in [1.29, 1.82) is 0 Å². The number of rotatable bonds is 6. The van der Waals surface area contributed by atoms with Crippen molar-refractivity contribution in [3.63, 3.8) is 0 Å². The lowest BCUT2D eigenvalue weighted by Crippen LogP contribution is -1.93. The average molecular weight is 482 g/mol. The van der Waals surface area contributed by atoms with E-state index in [0.29, 0.717) is 17.7 Å². The predicted octanol–water partition coefficient (Wildman–Crippen LogP) is 9.29. The number of aryl methyl sites for hydroxylation is 1. The molecule has 0 heterocycles. The van der Waals surface area contributed by atoms with Gasteiger partial charge in [0.25, 0.3) is 0 Å². The number of hydrogen-bond acceptors (Lipinski definition) is 0. The second-order valence-electron chi connectivity index (χ2n) is 8.09. The molecule has 0 saturated carbocycles. The van der Waals surface area contributed by atoms with Crippen molar-refractivity contribution in [1.82, 2.24) is 0 Å². The third kappa shape index (κ3) is 5.16. The van der Waals surface area contributed by atoms with Crippen LogP contribution in [-0.2, 0) is 6.42 Å². The molecule has 0 aliphatic heterocycles. The fourth-order valence-corrected chi connectivity index (χ4v) is 3.82. The number of halogens is 6. The first kappa shape index (κ1) is 24.3. The third-order valence-corrected chi connectivity index (χ3v) is 5.68. The van der Waals surface area contributed by atoms with E-state index in [2.05, 4.69) is 6.92 Å². The largest absolute Gasteiger partial charge is 0.206 e. The van der Waals surface area contributed by atoms with Gasteiger partial charge < -0.3 is 0 Å². The Morgan fingerprint density at radius 1 is 0.571 bits per heavy atom. The van der Waals surface area contributed by atoms with Crippen LogP contribution < -0.4 is 0 Å². The summed E-state index contributed by atoms with van der Waals surface area (Å²) in [6.07, 6.45) is 1.98. The highest BCUT2D eigenvalue weighted by atomic mass is 19.2. The SMILES string of the molecule is CCCc1ccc(-c2ccc(-c3ccc(C(F)=C(F)c4ccc(F)c(F)c4)c(F)c3)c(F)c2)cc1. The van der Waals surface area contributed by atoms with Crippen LogP contribution in [0.25, 0.3) is 33.9 Å². The molecule has 0 atom stereocenters. The van der Waals surface area contributed by atoms with Gasteiger partial charge in [-0.05, 0) is 65.1 Å². The molecular weight excluding hydrogens is 462 g/mol. The molecule has 0 fully saturated rings. The fourth-order valence-electron chi connectivity index (χ4n) is 3.82. The summed E-state index contributed by atoms with van der Waals surface area (Å²) in [5.41, 5.74) is 1.59. The third-order valence-electron chi connectivity index (χ3n) is 5.68. The molecular formula is C29H20F6. The molecule has 4 rings (SSSR count). The van der Waals surface area contributed by atoms with Crippen molar-refractivity contribution >= 4 is 11.7 Å². The Morgan fingerprint density at radius 3 is 1.86 bits per heavy atom. The van der Waals surface area contributed by atoms with Crippen molar-refractivity contribution in [2.45, 2.75) is 19.8 Å². The van der Waals surface area contributed by atoms with E-state index in [4.69, 9.17) is 0 Å². The zero-order valence-electron chi connectivity index (χ0n) is 18.7. The van der Waals surface area contributed by atoms with Crippen LogP contribution >= 0.6 is 0 Å². The summed E-state index contributed by atoms with van der Waals surface area (Å²) in [6, 6.07) is 17.4. The van der Waals surface area contributed by atoms with Gasteiger partial charge in [-0.15, -0.1) is 0 Å². The average Bonchev–Trinajstić information content (AvgIpc) is 2.85. The quantitative estimate of drug-likeness (QED) is 0.190. The molecule has 0 bridgehead atoms. The van der Waals surface area contributed by atoms with Gasteiger partial charge >= 0.3 is 0 Å². The summed E-state index contributed by atoms with van der Waals surface area (Å²) < 4.78 is 85.1. The molecule has 0 aromatic heterocycles. The van der Waals surface area contributed by atoms with E-state index in [9.17, 15) is 26.3 Å². The van der Waals surface area contributed by atoms with E-state index < -0.39 is 46.0 Å². The molecule has 4 aromatic carbocycles. The van der Waals surface area contributed by atoms with Gasteiger partial charge in [-0.1, -0.05) is 55.8 Å². The molecule has 0 aliphatic rings. The summed E-state index contributed by atoms with van der Waals surface area (Å²) in [5, 5.41) is 0. The summed E-state index contributed by atoms with van der Waals surface area (Å²) in [7, 11) is 0. The van der Waals surface area contributed by atoms with Gasteiger partial charge in [0.05, 0.1) is 0 Å². The molecule has 0 amide bonds. The number of benzene rings is 4. The molecule has 0 spiro atoms. The smallest absolute Gasteiger partial charge is 0.169 e. The maximum atomic E-state index is 14.9. The Hall–Kier alpha value is -3.80. The molecule has 4 aromatic rings. The van der Waals surface area contributed by atoms with Crippen LogP contribution in [0.3, 0.4) is 0 Å². The lowest BCUT2D eigenvalue weighted by Gasteiger charge is -2.10. The second-order valence-corrected chi connectivity index (χ2v) is 8.09. The molecule has 178 valence electrons. The molecule has 0 N–H and O–H groups in total. The Labute approximate surface area is 199 Å². The molecule has 0 nitrogen and oxygen atoms in total. The van der Waals surface area contributed by atoms with Crippen LogP contribution in [0.4, 0.5) is 26.3 Å². The van der Waals surface area contributed by atoms with Crippen LogP contribution in [0.1, 0.15) is 30.0 Å². The highest BCUT2D eigenvalue weighted by Gasteiger charge is 2.18. The Morgan fingerprint density at radius 2 is 1.23 bits per heavy atom. The van der Waals surface area contributed by atoms with Crippen molar-refractivity contribution in [3.8, 4) is 22.3 Å². The summed E-state index contributed by atoms with van der Waals surface area (Å²) in [5.74, 6) is -7.45. The van der Waals surface area contributed by atoms with Crippen LogP contribution in [0.5, 0.6) is 0 Å². The normalized spacial score (nSPS) is 12.0. The summed E-state index contributed by atoms with van der Waals surface area (Å²) in [6.45, 7) is 2.09. The molecule has 0 saturated heterocycles. The first-order valence-electron chi connectivity index (χ1n) is 11.0. The van der Waals surface area contributed by atoms with Crippen molar-refractivity contribution in [3.05, 3.63) is 119 Å². The monoisotopic (exact) mass is 482 g/mol. The van der Waals surface area contributed by atoms with Crippen LogP contribution in [0.15, 0.2) is 78.9 Å². The first-order chi connectivity index (χ1) is 16.8. The molecule has 6 heteroatoms. The van der Waals surface area contributed by atoms with E-state index in [1.807, 2.05) is 24.3 Å². The minimum atomic E-state index is -1.58. The summed E-state index contributed by atoms with van der Waals surface area (Å²) >= 11 is 0. The van der Waals surface area contributed by atoms with E-state index >= 15 is 0 Å². The van der Waals surface area contributed by atoms with E-state index in [-0.39, 0.29) is 11.1 Å². The van der Waals surface area contributed by atoms with Crippen LogP contribution in [0, 0.1) is 23.3 Å². The maximum absolute atomic E-state index is 14.9. The Kier molecular flexibility index (Phi) is 7.10. The predicted molar refractivity (Wildman–Crippen MR) is 127 cm³/mol. The van der Waals surface area contributed by atoms with E-state index in [1.54, 1.807) is 6.07 Å². The molecule has 0 unspecified atom stereocenters. The minimum absolute atomic E-state index is 0.0901. The van der Waals surface area contributed by atoms with Crippen LogP contribution in [0.2, 0.25) is 0 Å². The van der Waals surface area contributed by atoms with E-state index in [1.165, 1.54) is 23.8 Å². The lowest BCUT2D eigenvalue weighted by atomic mass is 9.97. The molecule has 0 aliphatic carbocycles. The van der Waals surface area contributed by atoms with E-state index in [0.717, 1.165) is 36.6 Å². The maximum Gasteiger partial charge on any atom is 0.169 e. The highest BCUT2D eigenvalue weighted by Crippen LogP contribution is 2.34. The van der Waals surface area contributed by atoms with Crippen molar-refractivity contribution < 1.29 is 26.3 Å². The molecule has 35 heavy (non-hydrogen) atoms. The van der Waals surface area contributed by atoms with Gasteiger partial charge in [-0.25, -0.2) is 26.3 Å².